The third-order valence-electron chi connectivity index (χ3n) is 3.34. The molecule has 0 radical (unpaired) electrons. The van der Waals surface area contributed by atoms with Crippen molar-refractivity contribution in [2.75, 3.05) is 6.54 Å². The highest BCUT2D eigenvalue weighted by molar-refractivity contribution is 9.10. The van der Waals surface area contributed by atoms with Gasteiger partial charge in [-0.3, -0.25) is 9.69 Å². The molecule has 20 heavy (non-hydrogen) atoms. The number of benzene rings is 1. The van der Waals surface area contributed by atoms with E-state index in [1.54, 1.807) is 0 Å². The molecule has 0 bridgehead atoms. The minimum Gasteiger partial charge on any atom is -0.459 e. The van der Waals surface area contributed by atoms with Crippen LogP contribution in [0.5, 0.6) is 0 Å². The van der Waals surface area contributed by atoms with Crippen molar-refractivity contribution in [1.29, 1.82) is 0 Å². The zero-order chi connectivity index (χ0) is 14.8. The Bertz CT molecular complexity index is 464. The van der Waals surface area contributed by atoms with Crippen molar-refractivity contribution in [2.24, 2.45) is 0 Å². The fourth-order valence-corrected chi connectivity index (χ4v) is 2.74. The molecule has 3 nitrogen and oxygen atoms in total. The number of hydrogen-bond acceptors (Lipinski definition) is 3. The Balaban J connectivity index is 2.00. The number of halogens is 1. The summed E-state index contributed by atoms with van der Waals surface area (Å²) in [7, 11) is 0. The second-order valence-corrected chi connectivity index (χ2v) is 7.20. The topological polar surface area (TPSA) is 29.5 Å². The highest BCUT2D eigenvalue weighted by atomic mass is 79.9. The van der Waals surface area contributed by atoms with Crippen LogP contribution in [0.2, 0.25) is 0 Å². The van der Waals surface area contributed by atoms with Gasteiger partial charge in [0, 0.05) is 11.0 Å². The fourth-order valence-electron chi connectivity index (χ4n) is 2.48. The normalized spacial score (nSPS) is 20.1. The molecular weight excluding hydrogens is 318 g/mol. The van der Waals surface area contributed by atoms with Gasteiger partial charge >= 0.3 is 5.97 Å². The van der Waals surface area contributed by atoms with Crippen molar-refractivity contribution in [3.63, 3.8) is 0 Å². The van der Waals surface area contributed by atoms with Crippen LogP contribution < -0.4 is 0 Å². The maximum Gasteiger partial charge on any atom is 0.323 e. The number of nitrogens with zero attached hydrogens (tertiary/aromatic N) is 1. The quantitative estimate of drug-likeness (QED) is 0.785. The van der Waals surface area contributed by atoms with Crippen LogP contribution in [0.1, 0.15) is 39.2 Å². The van der Waals surface area contributed by atoms with Gasteiger partial charge in [0.25, 0.3) is 0 Å². The zero-order valence-corrected chi connectivity index (χ0v) is 13.9. The first-order valence-electron chi connectivity index (χ1n) is 7.06. The average molecular weight is 340 g/mol. The van der Waals surface area contributed by atoms with E-state index >= 15 is 0 Å². The molecule has 0 unspecified atom stereocenters. The molecule has 0 aromatic heterocycles. The second kappa shape index (κ2) is 6.27. The van der Waals surface area contributed by atoms with Crippen molar-refractivity contribution in [2.45, 2.75) is 51.8 Å². The standard InChI is InChI=1S/C16H22BrNO2/c1-16(2,3)20-15(19)14-5-4-10-18(14)11-12-6-8-13(17)9-7-12/h6-9,14H,4-5,10-11H2,1-3H3/t14-/m1/s1. The summed E-state index contributed by atoms with van der Waals surface area (Å²) in [5.74, 6) is -0.0906. The zero-order valence-electron chi connectivity index (χ0n) is 12.4. The molecule has 1 aromatic carbocycles. The molecule has 0 N–H and O–H groups in total. The molecule has 1 aliphatic rings. The lowest BCUT2D eigenvalue weighted by Crippen LogP contribution is -2.40. The lowest BCUT2D eigenvalue weighted by Gasteiger charge is -2.27. The Hall–Kier alpha value is -0.870. The predicted molar refractivity (Wildman–Crippen MR) is 83.4 cm³/mol. The first-order valence-corrected chi connectivity index (χ1v) is 7.86. The van der Waals surface area contributed by atoms with Crippen LogP contribution in [0, 0.1) is 0 Å². The monoisotopic (exact) mass is 339 g/mol. The molecule has 0 amide bonds. The molecule has 110 valence electrons. The molecule has 1 aromatic rings. The van der Waals surface area contributed by atoms with Crippen molar-refractivity contribution in [1.82, 2.24) is 4.90 Å². The predicted octanol–water partition coefficient (Wildman–Crippen LogP) is 3.76. The van der Waals surface area contributed by atoms with E-state index in [0.717, 1.165) is 30.4 Å². The first kappa shape index (κ1) is 15.5. The largest absolute Gasteiger partial charge is 0.459 e. The van der Waals surface area contributed by atoms with Crippen molar-refractivity contribution in [3.05, 3.63) is 34.3 Å². The van der Waals surface area contributed by atoms with Gasteiger partial charge in [0.05, 0.1) is 0 Å². The molecule has 0 saturated carbocycles. The van der Waals surface area contributed by atoms with Crippen LogP contribution in [0.4, 0.5) is 0 Å². The molecule has 1 saturated heterocycles. The van der Waals surface area contributed by atoms with E-state index < -0.39 is 5.60 Å². The maximum atomic E-state index is 12.2. The molecule has 1 atom stereocenters. The SMILES string of the molecule is CC(C)(C)OC(=O)[C@H]1CCCN1Cc1ccc(Br)cc1. The molecule has 0 spiro atoms. The van der Waals surface area contributed by atoms with Gasteiger partial charge in [-0.2, -0.15) is 0 Å². The lowest BCUT2D eigenvalue weighted by molar-refractivity contribution is -0.160. The van der Waals surface area contributed by atoms with E-state index in [1.807, 2.05) is 32.9 Å². The van der Waals surface area contributed by atoms with Crippen LogP contribution in [0.3, 0.4) is 0 Å². The Morgan fingerprint density at radius 1 is 1.35 bits per heavy atom. The highest BCUT2D eigenvalue weighted by Gasteiger charge is 2.33. The number of carbonyl (C=O) groups is 1. The number of likely N-dealkylation sites (tertiary alicyclic amines) is 1. The van der Waals surface area contributed by atoms with Crippen LogP contribution in [-0.2, 0) is 16.1 Å². The van der Waals surface area contributed by atoms with E-state index in [0.29, 0.717) is 0 Å². The first-order chi connectivity index (χ1) is 9.35. The summed E-state index contributed by atoms with van der Waals surface area (Å²) in [5.41, 5.74) is 0.812. The summed E-state index contributed by atoms with van der Waals surface area (Å²) >= 11 is 3.44. The molecule has 1 fully saturated rings. The third-order valence-corrected chi connectivity index (χ3v) is 3.87. The minimum absolute atomic E-state index is 0.0906. The van der Waals surface area contributed by atoms with E-state index in [2.05, 4.69) is 33.0 Å². The van der Waals surface area contributed by atoms with Crippen molar-refractivity contribution >= 4 is 21.9 Å². The third kappa shape index (κ3) is 4.32. The van der Waals surface area contributed by atoms with E-state index in [-0.39, 0.29) is 12.0 Å². The van der Waals surface area contributed by atoms with Gasteiger partial charge in [0.1, 0.15) is 11.6 Å². The summed E-state index contributed by atoms with van der Waals surface area (Å²) in [6.45, 7) is 7.51. The number of esters is 1. The average Bonchev–Trinajstić information content (AvgIpc) is 2.78. The van der Waals surface area contributed by atoms with Gasteiger partial charge in [0.2, 0.25) is 0 Å². The van der Waals surface area contributed by atoms with Crippen molar-refractivity contribution < 1.29 is 9.53 Å². The summed E-state index contributed by atoms with van der Waals surface area (Å²) in [6.07, 6.45) is 1.95. The Morgan fingerprint density at radius 3 is 2.60 bits per heavy atom. The van der Waals surface area contributed by atoms with Gasteiger partial charge in [-0.25, -0.2) is 0 Å². The van der Waals surface area contributed by atoms with Gasteiger partial charge < -0.3 is 4.74 Å². The number of carbonyl (C=O) groups excluding carboxylic acids is 1. The fraction of sp³-hybridized carbons (Fsp3) is 0.562. The summed E-state index contributed by atoms with van der Waals surface area (Å²) < 4.78 is 6.60. The van der Waals surface area contributed by atoms with E-state index in [9.17, 15) is 4.79 Å². The van der Waals surface area contributed by atoms with E-state index in [1.165, 1.54) is 5.56 Å². The molecular formula is C16H22BrNO2. The van der Waals surface area contributed by atoms with Gasteiger partial charge in [0.15, 0.2) is 0 Å². The Labute approximate surface area is 129 Å². The molecule has 0 aliphatic carbocycles. The van der Waals surface area contributed by atoms with Crippen LogP contribution >= 0.6 is 15.9 Å². The minimum atomic E-state index is -0.414. The maximum absolute atomic E-state index is 12.2. The molecule has 2 rings (SSSR count). The smallest absolute Gasteiger partial charge is 0.323 e. The van der Waals surface area contributed by atoms with Crippen molar-refractivity contribution in [3.8, 4) is 0 Å². The summed E-state index contributed by atoms with van der Waals surface area (Å²) in [4.78, 5) is 14.5. The summed E-state index contributed by atoms with van der Waals surface area (Å²) in [6, 6.07) is 8.16. The van der Waals surface area contributed by atoms with Gasteiger partial charge in [-0.15, -0.1) is 0 Å². The molecule has 1 heterocycles. The summed E-state index contributed by atoms with van der Waals surface area (Å²) in [5, 5.41) is 0. The molecule has 4 heteroatoms. The number of ether oxygens (including phenoxy) is 1. The highest BCUT2D eigenvalue weighted by Crippen LogP contribution is 2.23. The van der Waals surface area contributed by atoms with Gasteiger partial charge in [-0.05, 0) is 57.9 Å². The van der Waals surface area contributed by atoms with E-state index in [4.69, 9.17) is 4.74 Å². The lowest BCUT2D eigenvalue weighted by atomic mass is 10.1. The van der Waals surface area contributed by atoms with Crippen LogP contribution in [0.25, 0.3) is 0 Å². The second-order valence-electron chi connectivity index (χ2n) is 6.29. The molecule has 1 aliphatic heterocycles. The van der Waals surface area contributed by atoms with Crippen LogP contribution in [0.15, 0.2) is 28.7 Å². The number of rotatable bonds is 3. The van der Waals surface area contributed by atoms with Gasteiger partial charge in [-0.1, -0.05) is 28.1 Å². The Morgan fingerprint density at radius 2 is 2.00 bits per heavy atom. The number of hydrogen-bond donors (Lipinski definition) is 0. The van der Waals surface area contributed by atoms with Crippen LogP contribution in [-0.4, -0.2) is 29.1 Å². The Kier molecular flexibility index (Phi) is 4.86.